The minimum atomic E-state index is 0.160. The molecule has 124 valence electrons. The highest BCUT2D eigenvalue weighted by atomic mass is 35.5. The van der Waals surface area contributed by atoms with E-state index in [1.165, 1.54) is 11.8 Å². The van der Waals surface area contributed by atoms with E-state index in [1.54, 1.807) is 0 Å². The Morgan fingerprint density at radius 2 is 1.92 bits per heavy atom. The molecule has 1 heterocycles. The molecule has 0 saturated carbocycles. The van der Waals surface area contributed by atoms with E-state index < -0.39 is 0 Å². The molecule has 1 aromatic heterocycles. The van der Waals surface area contributed by atoms with Crippen molar-refractivity contribution in [1.29, 1.82) is 5.26 Å². The highest BCUT2D eigenvalue weighted by Gasteiger charge is 2.15. The number of nitriles is 1. The van der Waals surface area contributed by atoms with Crippen molar-refractivity contribution >= 4 is 23.4 Å². The maximum absolute atomic E-state index is 9.39. The summed E-state index contributed by atoms with van der Waals surface area (Å²) >= 11 is 7.50. The first-order valence-corrected chi connectivity index (χ1v) is 9.10. The fraction of sp³-hybridized carbons (Fsp3) is 0.105. The van der Waals surface area contributed by atoms with Gasteiger partial charge in [0.1, 0.15) is 24.0 Å². The third kappa shape index (κ3) is 4.11. The van der Waals surface area contributed by atoms with Crippen LogP contribution in [0.25, 0.3) is 11.3 Å². The van der Waals surface area contributed by atoms with Gasteiger partial charge in [-0.1, -0.05) is 65.8 Å². The second-order valence-corrected chi connectivity index (χ2v) is 6.27. The first-order valence-electron chi connectivity index (χ1n) is 7.50. The average Bonchev–Trinajstić information content (AvgIpc) is 2.66. The largest absolute Gasteiger partial charge is 0.489 e. The Morgan fingerprint density at radius 3 is 2.64 bits per heavy atom. The Labute approximate surface area is 155 Å². The van der Waals surface area contributed by atoms with Gasteiger partial charge in [0.05, 0.1) is 5.69 Å². The van der Waals surface area contributed by atoms with Crippen molar-refractivity contribution in [3.63, 3.8) is 0 Å². The number of ether oxygens (including phenoxy) is 1. The zero-order valence-corrected chi connectivity index (χ0v) is 15.0. The van der Waals surface area contributed by atoms with Crippen molar-refractivity contribution in [2.24, 2.45) is 0 Å². The summed E-state index contributed by atoms with van der Waals surface area (Å²) in [6, 6.07) is 19.5. The molecule has 0 aliphatic carbocycles. The zero-order valence-electron chi connectivity index (χ0n) is 13.4. The molecule has 4 nitrogen and oxygen atoms in total. The summed E-state index contributed by atoms with van der Waals surface area (Å²) in [7, 11) is 0. The van der Waals surface area contributed by atoms with Gasteiger partial charge in [0.15, 0.2) is 10.3 Å². The van der Waals surface area contributed by atoms with Crippen LogP contribution >= 0.6 is 23.4 Å². The van der Waals surface area contributed by atoms with Gasteiger partial charge in [-0.05, 0) is 24.0 Å². The molecule has 0 bridgehead atoms. The SMILES string of the molecule is CSc1nc(Cl)c(C#N)c(-c2cccc(OCc3ccccc3)c2)n1. The number of hydrogen-bond acceptors (Lipinski definition) is 5. The first-order chi connectivity index (χ1) is 12.2. The maximum Gasteiger partial charge on any atom is 0.189 e. The van der Waals surface area contributed by atoms with Gasteiger partial charge in [-0.25, -0.2) is 9.97 Å². The van der Waals surface area contributed by atoms with Gasteiger partial charge in [-0.3, -0.25) is 0 Å². The summed E-state index contributed by atoms with van der Waals surface area (Å²) in [4.78, 5) is 8.55. The molecule has 0 unspecified atom stereocenters. The summed E-state index contributed by atoms with van der Waals surface area (Å²) < 4.78 is 5.85. The van der Waals surface area contributed by atoms with Crippen molar-refractivity contribution in [2.45, 2.75) is 11.8 Å². The molecule has 3 aromatic rings. The summed E-state index contributed by atoms with van der Waals surface area (Å²) in [5.41, 5.74) is 2.62. The molecule has 0 amide bonds. The van der Waals surface area contributed by atoms with E-state index in [4.69, 9.17) is 16.3 Å². The maximum atomic E-state index is 9.39. The Balaban J connectivity index is 1.91. The van der Waals surface area contributed by atoms with Crippen LogP contribution in [0.4, 0.5) is 0 Å². The Morgan fingerprint density at radius 1 is 1.12 bits per heavy atom. The molecule has 2 aromatic carbocycles. The first kappa shape index (κ1) is 17.3. The summed E-state index contributed by atoms with van der Waals surface area (Å²) in [6.45, 7) is 0.468. The zero-order chi connectivity index (χ0) is 17.6. The smallest absolute Gasteiger partial charge is 0.189 e. The van der Waals surface area contributed by atoms with Gasteiger partial charge in [-0.2, -0.15) is 5.26 Å². The van der Waals surface area contributed by atoms with Crippen LogP contribution in [-0.4, -0.2) is 16.2 Å². The normalized spacial score (nSPS) is 10.3. The molecule has 6 heteroatoms. The van der Waals surface area contributed by atoms with Gasteiger partial charge < -0.3 is 4.74 Å². The molecular weight excluding hydrogens is 354 g/mol. The van der Waals surface area contributed by atoms with Crippen molar-refractivity contribution < 1.29 is 4.74 Å². The van der Waals surface area contributed by atoms with E-state index >= 15 is 0 Å². The lowest BCUT2D eigenvalue weighted by Crippen LogP contribution is -1.98. The van der Waals surface area contributed by atoms with Crippen molar-refractivity contribution in [3.05, 3.63) is 70.9 Å². The Kier molecular flexibility index (Phi) is 5.54. The predicted molar refractivity (Wildman–Crippen MR) is 99.7 cm³/mol. The lowest BCUT2D eigenvalue weighted by atomic mass is 10.1. The Hall–Kier alpha value is -2.55. The van der Waals surface area contributed by atoms with Crippen LogP contribution in [0.1, 0.15) is 11.1 Å². The molecule has 0 aliphatic heterocycles. The minimum Gasteiger partial charge on any atom is -0.489 e. The summed E-state index contributed by atoms with van der Waals surface area (Å²) in [6.07, 6.45) is 1.86. The van der Waals surface area contributed by atoms with Gasteiger partial charge in [-0.15, -0.1) is 0 Å². The van der Waals surface area contributed by atoms with Crippen LogP contribution in [0.3, 0.4) is 0 Å². The molecule has 0 spiro atoms. The van der Waals surface area contributed by atoms with E-state index in [0.717, 1.165) is 11.1 Å². The monoisotopic (exact) mass is 367 g/mol. The molecular formula is C19H14ClN3OS. The molecule has 0 radical (unpaired) electrons. The lowest BCUT2D eigenvalue weighted by Gasteiger charge is -2.10. The van der Waals surface area contributed by atoms with Gasteiger partial charge >= 0.3 is 0 Å². The second-order valence-electron chi connectivity index (χ2n) is 5.14. The fourth-order valence-electron chi connectivity index (χ4n) is 2.29. The van der Waals surface area contributed by atoms with Crippen LogP contribution in [0.15, 0.2) is 59.8 Å². The number of rotatable bonds is 5. The number of thioether (sulfide) groups is 1. The van der Waals surface area contributed by atoms with E-state index in [-0.39, 0.29) is 10.7 Å². The van der Waals surface area contributed by atoms with Gasteiger partial charge in [0.2, 0.25) is 0 Å². The van der Waals surface area contributed by atoms with E-state index in [9.17, 15) is 5.26 Å². The highest BCUT2D eigenvalue weighted by molar-refractivity contribution is 7.98. The predicted octanol–water partition coefficient (Wildman–Crippen LogP) is 4.97. The molecule has 25 heavy (non-hydrogen) atoms. The number of nitrogens with zero attached hydrogens (tertiary/aromatic N) is 3. The number of aromatic nitrogens is 2. The minimum absolute atomic E-state index is 0.160. The Bertz CT molecular complexity index is 926. The molecule has 3 rings (SSSR count). The topological polar surface area (TPSA) is 58.8 Å². The van der Waals surface area contributed by atoms with E-state index in [2.05, 4.69) is 16.0 Å². The second kappa shape index (κ2) is 8.02. The van der Waals surface area contributed by atoms with Crippen molar-refractivity contribution in [1.82, 2.24) is 9.97 Å². The fourth-order valence-corrected chi connectivity index (χ4v) is 2.91. The third-order valence-electron chi connectivity index (χ3n) is 3.49. The van der Waals surface area contributed by atoms with Crippen LogP contribution in [0, 0.1) is 11.3 Å². The summed E-state index contributed by atoms with van der Waals surface area (Å²) in [5.74, 6) is 0.700. The van der Waals surface area contributed by atoms with Gasteiger partial charge in [0, 0.05) is 5.56 Å². The number of benzene rings is 2. The molecule has 0 saturated heterocycles. The van der Waals surface area contributed by atoms with Crippen molar-refractivity contribution in [3.8, 4) is 23.1 Å². The van der Waals surface area contributed by atoms with E-state index in [0.29, 0.717) is 23.2 Å². The molecule has 0 atom stereocenters. The third-order valence-corrected chi connectivity index (χ3v) is 4.32. The summed E-state index contributed by atoms with van der Waals surface area (Å²) in [5, 5.41) is 10.1. The average molecular weight is 368 g/mol. The number of hydrogen-bond donors (Lipinski definition) is 0. The molecule has 0 fully saturated rings. The van der Waals surface area contributed by atoms with Crippen LogP contribution in [0.5, 0.6) is 5.75 Å². The molecule has 0 aliphatic rings. The van der Waals surface area contributed by atoms with Gasteiger partial charge in [0.25, 0.3) is 0 Å². The standard InChI is InChI=1S/C19H14ClN3OS/c1-25-19-22-17(16(11-21)18(20)23-19)14-8-5-9-15(10-14)24-12-13-6-3-2-4-7-13/h2-10H,12H2,1H3. The number of halogens is 1. The highest BCUT2D eigenvalue weighted by Crippen LogP contribution is 2.30. The van der Waals surface area contributed by atoms with Crippen molar-refractivity contribution in [2.75, 3.05) is 6.26 Å². The quantitative estimate of drug-likeness (QED) is 0.362. The van der Waals surface area contributed by atoms with E-state index in [1.807, 2.05) is 60.9 Å². The lowest BCUT2D eigenvalue weighted by molar-refractivity contribution is 0.306. The van der Waals surface area contributed by atoms with Crippen LogP contribution in [0.2, 0.25) is 5.15 Å². The van der Waals surface area contributed by atoms with Crippen LogP contribution < -0.4 is 4.74 Å². The van der Waals surface area contributed by atoms with Crippen LogP contribution in [-0.2, 0) is 6.61 Å². The molecule has 0 N–H and O–H groups in total.